The number of rotatable bonds is 9. The molecule has 0 unspecified atom stereocenters. The van der Waals surface area contributed by atoms with Gasteiger partial charge in [0.25, 0.3) is 0 Å². The fourth-order valence-corrected chi connectivity index (χ4v) is 2.94. The minimum Gasteiger partial charge on any atom is -0.475 e. The van der Waals surface area contributed by atoms with Crippen LogP contribution in [0.25, 0.3) is 0 Å². The maximum atomic E-state index is 11.3. The quantitative estimate of drug-likeness (QED) is 0.621. The van der Waals surface area contributed by atoms with Crippen LogP contribution in [0.15, 0.2) is 18.2 Å². The van der Waals surface area contributed by atoms with Gasteiger partial charge in [-0.25, -0.2) is 14.8 Å². The molecular formula is C20H26ClN3O3. The highest BCUT2D eigenvalue weighted by molar-refractivity contribution is 6.31. The fraction of sp³-hybridized carbons (Fsp3) is 0.450. The van der Waals surface area contributed by atoms with Crippen molar-refractivity contribution in [3.8, 4) is 0 Å². The van der Waals surface area contributed by atoms with E-state index in [0.29, 0.717) is 36.1 Å². The van der Waals surface area contributed by atoms with Crippen LogP contribution in [0.2, 0.25) is 5.02 Å². The number of nitrogens with zero attached hydrogens (tertiary/aromatic N) is 2. The van der Waals surface area contributed by atoms with E-state index in [4.69, 9.17) is 16.3 Å². The second-order valence-electron chi connectivity index (χ2n) is 6.74. The van der Waals surface area contributed by atoms with Crippen LogP contribution in [-0.2, 0) is 11.2 Å². The molecule has 0 amide bonds. The molecule has 0 aliphatic heterocycles. The Kier molecular flexibility index (Phi) is 7.56. The third-order valence-electron chi connectivity index (χ3n) is 4.05. The lowest BCUT2D eigenvalue weighted by atomic mass is 10.0. The van der Waals surface area contributed by atoms with Crippen molar-refractivity contribution >= 4 is 23.4 Å². The third-order valence-corrected chi connectivity index (χ3v) is 4.40. The minimum atomic E-state index is -1.15. The Morgan fingerprint density at radius 3 is 2.67 bits per heavy atom. The number of nitrogens with one attached hydrogen (secondary N) is 1. The van der Waals surface area contributed by atoms with Crippen LogP contribution < -0.4 is 5.32 Å². The monoisotopic (exact) mass is 391 g/mol. The van der Waals surface area contributed by atoms with Gasteiger partial charge in [-0.15, -0.1) is 0 Å². The van der Waals surface area contributed by atoms with Gasteiger partial charge in [0, 0.05) is 35.9 Å². The molecule has 27 heavy (non-hydrogen) atoms. The van der Waals surface area contributed by atoms with E-state index in [-0.39, 0.29) is 11.9 Å². The number of hydrogen-bond donors (Lipinski definition) is 2. The van der Waals surface area contributed by atoms with Crippen LogP contribution in [0.1, 0.15) is 53.3 Å². The van der Waals surface area contributed by atoms with E-state index < -0.39 is 5.97 Å². The molecule has 0 atom stereocenters. The molecule has 0 bridgehead atoms. The Morgan fingerprint density at radius 2 is 2.04 bits per heavy atom. The number of aryl methyl sites for hydroxylation is 2. The average molecular weight is 392 g/mol. The number of carbonyl (C=O) groups is 1. The van der Waals surface area contributed by atoms with Crippen molar-refractivity contribution in [2.24, 2.45) is 0 Å². The lowest BCUT2D eigenvalue weighted by Gasteiger charge is -2.15. The molecule has 1 heterocycles. The number of halogens is 1. The highest BCUT2D eigenvalue weighted by Gasteiger charge is 2.17. The summed E-state index contributed by atoms with van der Waals surface area (Å²) in [5, 5.41) is 13.2. The highest BCUT2D eigenvalue weighted by Crippen LogP contribution is 2.25. The van der Waals surface area contributed by atoms with Crippen molar-refractivity contribution in [2.45, 2.75) is 46.6 Å². The first kappa shape index (κ1) is 21.1. The standard InChI is InChI=1S/C20H26ClN3O3/c1-12(2)27-9-5-8-22-18-16(14(4)23-19(24-18)20(25)26)11-15-7-6-13(3)10-17(15)21/h6-7,10,12H,5,8-9,11H2,1-4H3,(H,25,26)(H,22,23,24). The summed E-state index contributed by atoms with van der Waals surface area (Å²) >= 11 is 6.37. The first-order valence-electron chi connectivity index (χ1n) is 8.99. The summed E-state index contributed by atoms with van der Waals surface area (Å²) in [7, 11) is 0. The first-order valence-corrected chi connectivity index (χ1v) is 9.37. The van der Waals surface area contributed by atoms with Gasteiger partial charge >= 0.3 is 5.97 Å². The van der Waals surface area contributed by atoms with E-state index >= 15 is 0 Å². The Bertz CT molecular complexity index is 809. The molecule has 6 nitrogen and oxygen atoms in total. The Morgan fingerprint density at radius 1 is 1.30 bits per heavy atom. The number of aromatic carboxylic acids is 1. The molecule has 0 spiro atoms. The summed E-state index contributed by atoms with van der Waals surface area (Å²) in [5.41, 5.74) is 3.50. The van der Waals surface area contributed by atoms with Crippen LogP contribution >= 0.6 is 11.6 Å². The number of benzene rings is 1. The Balaban J connectivity index is 2.24. The van der Waals surface area contributed by atoms with E-state index in [2.05, 4.69) is 15.3 Å². The van der Waals surface area contributed by atoms with Crippen LogP contribution in [0.3, 0.4) is 0 Å². The van der Waals surface area contributed by atoms with Gasteiger partial charge in [-0.2, -0.15) is 0 Å². The number of aromatic nitrogens is 2. The molecule has 0 fully saturated rings. The lowest BCUT2D eigenvalue weighted by Crippen LogP contribution is -2.16. The molecule has 0 saturated heterocycles. The second kappa shape index (κ2) is 9.67. The first-order chi connectivity index (χ1) is 12.8. The lowest BCUT2D eigenvalue weighted by molar-refractivity contribution is 0.0683. The molecule has 1 aromatic heterocycles. The van der Waals surface area contributed by atoms with Gasteiger partial charge in [-0.1, -0.05) is 23.7 Å². The van der Waals surface area contributed by atoms with Gasteiger partial charge in [0.2, 0.25) is 5.82 Å². The summed E-state index contributed by atoms with van der Waals surface area (Å²) in [4.78, 5) is 19.7. The topological polar surface area (TPSA) is 84.3 Å². The molecular weight excluding hydrogens is 366 g/mol. The van der Waals surface area contributed by atoms with E-state index in [1.54, 1.807) is 6.92 Å². The van der Waals surface area contributed by atoms with Crippen molar-refractivity contribution in [1.29, 1.82) is 0 Å². The number of hydrogen-bond acceptors (Lipinski definition) is 5. The third kappa shape index (κ3) is 6.19. The highest BCUT2D eigenvalue weighted by atomic mass is 35.5. The predicted octanol–water partition coefficient (Wildman–Crippen LogP) is 4.26. The smallest absolute Gasteiger partial charge is 0.374 e. The zero-order valence-electron chi connectivity index (χ0n) is 16.2. The van der Waals surface area contributed by atoms with Gasteiger partial charge in [0.05, 0.1) is 6.10 Å². The number of ether oxygens (including phenoxy) is 1. The molecule has 1 aromatic carbocycles. The fourth-order valence-electron chi connectivity index (χ4n) is 2.63. The minimum absolute atomic E-state index is 0.184. The number of carboxylic acids is 1. The van der Waals surface area contributed by atoms with Gasteiger partial charge in [-0.3, -0.25) is 0 Å². The van der Waals surface area contributed by atoms with Crippen molar-refractivity contribution in [1.82, 2.24) is 9.97 Å². The van der Waals surface area contributed by atoms with E-state index in [1.165, 1.54) is 0 Å². The molecule has 2 N–H and O–H groups in total. The van der Waals surface area contributed by atoms with Gasteiger partial charge in [-0.05, 0) is 51.3 Å². The second-order valence-corrected chi connectivity index (χ2v) is 7.14. The summed E-state index contributed by atoms with van der Waals surface area (Å²) in [6.45, 7) is 9.00. The molecule has 2 aromatic rings. The molecule has 0 aliphatic rings. The Labute approximate surface area is 164 Å². The maximum absolute atomic E-state index is 11.3. The van der Waals surface area contributed by atoms with E-state index in [9.17, 15) is 9.90 Å². The van der Waals surface area contributed by atoms with Crippen LogP contribution in [-0.4, -0.2) is 40.3 Å². The van der Waals surface area contributed by atoms with Gasteiger partial charge < -0.3 is 15.2 Å². The van der Waals surface area contributed by atoms with Crippen molar-refractivity contribution < 1.29 is 14.6 Å². The van der Waals surface area contributed by atoms with Crippen LogP contribution in [0.5, 0.6) is 0 Å². The molecule has 2 rings (SSSR count). The van der Waals surface area contributed by atoms with Crippen molar-refractivity contribution in [3.63, 3.8) is 0 Å². The number of carboxylic acid groups (broad SMARTS) is 1. The summed E-state index contributed by atoms with van der Waals surface area (Å²) in [5.74, 6) is -0.836. The molecule has 146 valence electrons. The number of anilines is 1. The molecule has 0 radical (unpaired) electrons. The van der Waals surface area contributed by atoms with Crippen LogP contribution in [0.4, 0.5) is 5.82 Å². The average Bonchev–Trinajstić information content (AvgIpc) is 2.58. The van der Waals surface area contributed by atoms with Crippen molar-refractivity contribution in [2.75, 3.05) is 18.5 Å². The van der Waals surface area contributed by atoms with Crippen LogP contribution in [0, 0.1) is 13.8 Å². The summed E-state index contributed by atoms with van der Waals surface area (Å²) in [6, 6.07) is 5.89. The van der Waals surface area contributed by atoms with E-state index in [0.717, 1.165) is 23.1 Å². The summed E-state index contributed by atoms with van der Waals surface area (Å²) in [6.07, 6.45) is 1.49. The Hall–Kier alpha value is -2.18. The maximum Gasteiger partial charge on any atom is 0.374 e. The van der Waals surface area contributed by atoms with Crippen molar-refractivity contribution in [3.05, 3.63) is 51.4 Å². The normalized spacial score (nSPS) is 11.0. The predicted molar refractivity (Wildman–Crippen MR) is 107 cm³/mol. The molecule has 7 heteroatoms. The summed E-state index contributed by atoms with van der Waals surface area (Å²) < 4.78 is 5.53. The van der Waals surface area contributed by atoms with E-state index in [1.807, 2.05) is 39.0 Å². The van der Waals surface area contributed by atoms with Gasteiger partial charge in [0.15, 0.2) is 0 Å². The zero-order valence-corrected chi connectivity index (χ0v) is 16.9. The zero-order chi connectivity index (χ0) is 20.0. The SMILES string of the molecule is Cc1ccc(Cc2c(C)nc(C(=O)O)nc2NCCCOC(C)C)c(Cl)c1. The molecule has 0 saturated carbocycles. The molecule has 0 aliphatic carbocycles. The van der Waals surface area contributed by atoms with Gasteiger partial charge in [0.1, 0.15) is 5.82 Å². The largest absolute Gasteiger partial charge is 0.475 e.